The van der Waals surface area contributed by atoms with Crippen LogP contribution in [0.3, 0.4) is 0 Å². The minimum Gasteiger partial charge on any atom is -0.309 e. The van der Waals surface area contributed by atoms with Gasteiger partial charge in [0, 0.05) is 18.1 Å². The molecule has 1 heterocycles. The molecule has 0 aliphatic carbocycles. The van der Waals surface area contributed by atoms with Crippen molar-refractivity contribution in [2.24, 2.45) is 0 Å². The van der Waals surface area contributed by atoms with Crippen LogP contribution in [0, 0.1) is 0 Å². The molecule has 0 bridgehead atoms. The van der Waals surface area contributed by atoms with Gasteiger partial charge in [0.25, 0.3) is 0 Å². The third-order valence-corrected chi connectivity index (χ3v) is 4.96. The molecule has 2 rings (SSSR count). The summed E-state index contributed by atoms with van der Waals surface area (Å²) >= 11 is 0. The van der Waals surface area contributed by atoms with Gasteiger partial charge in [-0.05, 0) is 44.3 Å². The molecule has 0 radical (unpaired) electrons. The van der Waals surface area contributed by atoms with Gasteiger partial charge in [0.2, 0.25) is 0 Å². The molecule has 0 amide bonds. The predicted molar refractivity (Wildman–Crippen MR) is 91.6 cm³/mol. The molecule has 3 atom stereocenters. The van der Waals surface area contributed by atoms with E-state index >= 15 is 0 Å². The fourth-order valence-corrected chi connectivity index (χ4v) is 3.92. The van der Waals surface area contributed by atoms with Crippen molar-refractivity contribution in [3.63, 3.8) is 0 Å². The topological polar surface area (TPSA) is 15.3 Å². The summed E-state index contributed by atoms with van der Waals surface area (Å²) < 4.78 is 0. The van der Waals surface area contributed by atoms with Crippen molar-refractivity contribution in [2.45, 2.75) is 71.0 Å². The molecule has 1 aliphatic rings. The lowest BCUT2D eigenvalue weighted by molar-refractivity contribution is 0.0668. The first kappa shape index (κ1) is 16.5. The molecule has 2 heteroatoms. The average Bonchev–Trinajstić information content (AvgIpc) is 2.56. The van der Waals surface area contributed by atoms with E-state index < -0.39 is 0 Å². The second-order valence-corrected chi connectivity index (χ2v) is 6.22. The first-order valence-corrected chi connectivity index (χ1v) is 8.85. The minimum atomic E-state index is 0.452. The molecule has 1 N–H and O–H groups in total. The van der Waals surface area contributed by atoms with Gasteiger partial charge in [0.1, 0.15) is 0 Å². The molecule has 1 aromatic carbocycles. The zero-order valence-corrected chi connectivity index (χ0v) is 14.0. The smallest absolute Gasteiger partial charge is 0.0478 e. The average molecular weight is 288 g/mol. The van der Waals surface area contributed by atoms with E-state index in [0.29, 0.717) is 12.1 Å². The minimum absolute atomic E-state index is 0.452. The number of rotatable bonds is 7. The number of likely N-dealkylation sites (N-methyl/N-ethyl adjacent to an activating group) is 1. The Balaban J connectivity index is 2.22. The third-order valence-electron chi connectivity index (χ3n) is 4.96. The molecular formula is C19H32N2. The second kappa shape index (κ2) is 8.55. The van der Waals surface area contributed by atoms with E-state index in [1.807, 2.05) is 0 Å². The number of nitrogens with zero attached hydrogens (tertiary/aromatic N) is 1. The molecule has 2 nitrogen and oxygen atoms in total. The lowest BCUT2D eigenvalue weighted by Gasteiger charge is -2.44. The van der Waals surface area contributed by atoms with Crippen LogP contribution in [0.15, 0.2) is 30.3 Å². The van der Waals surface area contributed by atoms with Gasteiger partial charge in [-0.25, -0.2) is 0 Å². The van der Waals surface area contributed by atoms with E-state index in [2.05, 4.69) is 61.3 Å². The summed E-state index contributed by atoms with van der Waals surface area (Å²) in [5.41, 5.74) is 1.44. The maximum atomic E-state index is 3.75. The quantitative estimate of drug-likeness (QED) is 0.801. The number of benzene rings is 1. The van der Waals surface area contributed by atoms with Gasteiger partial charge < -0.3 is 5.32 Å². The monoisotopic (exact) mass is 288 g/mol. The first-order chi connectivity index (χ1) is 10.3. The summed E-state index contributed by atoms with van der Waals surface area (Å²) in [6.45, 7) is 9.21. The summed E-state index contributed by atoms with van der Waals surface area (Å²) in [4.78, 5) is 2.80. The Morgan fingerprint density at radius 3 is 2.52 bits per heavy atom. The van der Waals surface area contributed by atoms with Crippen LogP contribution < -0.4 is 5.32 Å². The molecule has 21 heavy (non-hydrogen) atoms. The zero-order valence-electron chi connectivity index (χ0n) is 14.0. The molecule has 1 saturated heterocycles. The molecule has 1 aliphatic heterocycles. The molecule has 3 unspecified atom stereocenters. The van der Waals surface area contributed by atoms with Crippen LogP contribution in [0.1, 0.15) is 64.5 Å². The fraction of sp³-hybridized carbons (Fsp3) is 0.684. The lowest BCUT2D eigenvalue weighted by Crippen LogP contribution is -2.51. The molecular weight excluding hydrogens is 256 g/mol. The van der Waals surface area contributed by atoms with Crippen LogP contribution in [0.5, 0.6) is 0 Å². The summed E-state index contributed by atoms with van der Waals surface area (Å²) in [6.07, 6.45) is 6.64. The van der Waals surface area contributed by atoms with Crippen LogP contribution in [-0.4, -0.2) is 30.1 Å². The van der Waals surface area contributed by atoms with Crippen molar-refractivity contribution >= 4 is 0 Å². The van der Waals surface area contributed by atoms with E-state index in [-0.39, 0.29) is 0 Å². The lowest BCUT2D eigenvalue weighted by atomic mass is 9.90. The van der Waals surface area contributed by atoms with Crippen molar-refractivity contribution in [2.75, 3.05) is 13.1 Å². The maximum absolute atomic E-state index is 3.75. The Morgan fingerprint density at radius 2 is 1.90 bits per heavy atom. The first-order valence-electron chi connectivity index (χ1n) is 8.85. The van der Waals surface area contributed by atoms with Gasteiger partial charge in [-0.1, -0.05) is 57.5 Å². The number of piperidine rings is 1. The van der Waals surface area contributed by atoms with Crippen molar-refractivity contribution in [3.05, 3.63) is 35.9 Å². The Hall–Kier alpha value is -0.860. The predicted octanol–water partition coefficient (Wildman–Crippen LogP) is 4.38. The van der Waals surface area contributed by atoms with Crippen LogP contribution in [-0.2, 0) is 0 Å². The maximum Gasteiger partial charge on any atom is 0.0478 e. The standard InChI is InChI=1S/C19H32N2/c1-4-17-14-10-11-15-21(17)18(5-2)19(20-6-3)16-12-8-7-9-13-16/h7-9,12-13,17-20H,4-6,10-11,14-15H2,1-3H3. The van der Waals surface area contributed by atoms with E-state index in [9.17, 15) is 0 Å². The largest absolute Gasteiger partial charge is 0.309 e. The van der Waals surface area contributed by atoms with Crippen molar-refractivity contribution < 1.29 is 0 Å². The van der Waals surface area contributed by atoms with Crippen molar-refractivity contribution in [1.82, 2.24) is 10.2 Å². The highest BCUT2D eigenvalue weighted by Crippen LogP contribution is 2.30. The summed E-state index contributed by atoms with van der Waals surface area (Å²) in [6, 6.07) is 12.8. The number of hydrogen-bond donors (Lipinski definition) is 1. The van der Waals surface area contributed by atoms with Gasteiger partial charge in [0.05, 0.1) is 0 Å². The number of hydrogen-bond acceptors (Lipinski definition) is 2. The van der Waals surface area contributed by atoms with Crippen LogP contribution in [0.25, 0.3) is 0 Å². The summed E-state index contributed by atoms with van der Waals surface area (Å²) in [5.74, 6) is 0. The number of nitrogens with one attached hydrogen (secondary N) is 1. The van der Waals surface area contributed by atoms with Crippen LogP contribution >= 0.6 is 0 Å². The van der Waals surface area contributed by atoms with Gasteiger partial charge >= 0.3 is 0 Å². The molecule has 118 valence electrons. The van der Waals surface area contributed by atoms with Crippen molar-refractivity contribution in [1.29, 1.82) is 0 Å². The molecule has 0 saturated carbocycles. The molecule has 0 aromatic heterocycles. The third kappa shape index (κ3) is 4.08. The van der Waals surface area contributed by atoms with Crippen molar-refractivity contribution in [3.8, 4) is 0 Å². The normalized spacial score (nSPS) is 22.9. The summed E-state index contributed by atoms with van der Waals surface area (Å²) in [7, 11) is 0. The van der Waals surface area contributed by atoms with E-state index in [1.54, 1.807) is 0 Å². The Morgan fingerprint density at radius 1 is 1.14 bits per heavy atom. The Bertz CT molecular complexity index is 390. The highest BCUT2D eigenvalue weighted by atomic mass is 15.2. The fourth-order valence-electron chi connectivity index (χ4n) is 3.92. The van der Waals surface area contributed by atoms with E-state index in [0.717, 1.165) is 12.6 Å². The van der Waals surface area contributed by atoms with E-state index in [4.69, 9.17) is 0 Å². The molecule has 1 fully saturated rings. The van der Waals surface area contributed by atoms with Gasteiger partial charge in [0.15, 0.2) is 0 Å². The SMILES string of the molecule is CCNC(c1ccccc1)C(CC)N1CCCCC1CC. The zero-order chi connectivity index (χ0) is 15.1. The Kier molecular flexibility index (Phi) is 6.72. The number of likely N-dealkylation sites (tertiary alicyclic amines) is 1. The van der Waals surface area contributed by atoms with E-state index in [1.165, 1.54) is 44.2 Å². The van der Waals surface area contributed by atoms with Crippen LogP contribution in [0.4, 0.5) is 0 Å². The van der Waals surface area contributed by atoms with Crippen LogP contribution in [0.2, 0.25) is 0 Å². The highest BCUT2D eigenvalue weighted by molar-refractivity contribution is 5.21. The molecule has 0 spiro atoms. The van der Waals surface area contributed by atoms with Gasteiger partial charge in [-0.2, -0.15) is 0 Å². The highest BCUT2D eigenvalue weighted by Gasteiger charge is 2.32. The Labute approximate surface area is 130 Å². The van der Waals surface area contributed by atoms with Gasteiger partial charge in [-0.15, -0.1) is 0 Å². The summed E-state index contributed by atoms with van der Waals surface area (Å²) in [5, 5.41) is 3.75. The molecule has 1 aromatic rings. The van der Waals surface area contributed by atoms with Gasteiger partial charge in [-0.3, -0.25) is 4.90 Å². The second-order valence-electron chi connectivity index (χ2n) is 6.22.